The van der Waals surface area contributed by atoms with E-state index >= 15 is 0 Å². The van der Waals surface area contributed by atoms with Crippen LogP contribution in [-0.4, -0.2) is 45.5 Å². The molecule has 1 amide bonds. The molecule has 0 spiro atoms. The topological polar surface area (TPSA) is 81.4 Å². The van der Waals surface area contributed by atoms with Crippen LogP contribution in [0.1, 0.15) is 6.92 Å². The second-order valence-corrected chi connectivity index (χ2v) is 6.69. The molecule has 3 N–H and O–H groups in total. The zero-order valence-electron chi connectivity index (χ0n) is 12.0. The van der Waals surface area contributed by atoms with Gasteiger partial charge in [-0.2, -0.15) is 0 Å². The molecule has 21 heavy (non-hydrogen) atoms. The summed E-state index contributed by atoms with van der Waals surface area (Å²) in [6.07, 6.45) is 1.49. The van der Waals surface area contributed by atoms with E-state index < -0.39 is 18.1 Å². The number of rotatable bonds is 8. The average Bonchev–Trinajstić information content (AvgIpc) is 2.49. The molecule has 0 saturated heterocycles. The van der Waals surface area contributed by atoms with Crippen LogP contribution in [0, 0.1) is 0 Å². The molecule has 1 aromatic rings. The number of nitrogens with one attached hydrogen (secondary N) is 1. The van der Waals surface area contributed by atoms with Crippen molar-refractivity contribution in [3.8, 4) is 0 Å². The number of benzene rings is 1. The van der Waals surface area contributed by atoms with Crippen molar-refractivity contribution in [1.82, 2.24) is 5.32 Å². The van der Waals surface area contributed by atoms with Gasteiger partial charge < -0.3 is 0 Å². The Labute approximate surface area is 131 Å². The van der Waals surface area contributed by atoms with Gasteiger partial charge in [0, 0.05) is 0 Å². The predicted octanol–water partition coefficient (Wildman–Crippen LogP) is -0.00440. The molecular weight excluding hydrogens is 335 g/mol. The normalized spacial score (nSPS) is 13.0. The maximum atomic E-state index is 12.0. The standard InChI is InChI=1S/C15H20N2O3Se/c1-3-9-20-15(19)13(17-14(18)11(2)16)10-21-12-7-5-4-6-8-12/h3-8,11,13H,1,9-10,16H2,2H3,(H,17,18)/t11-,13+/m0/s1. The van der Waals surface area contributed by atoms with E-state index in [-0.39, 0.29) is 27.5 Å². The van der Waals surface area contributed by atoms with Crippen LogP contribution in [0.15, 0.2) is 43.0 Å². The fraction of sp³-hybridized carbons (Fsp3) is 0.333. The van der Waals surface area contributed by atoms with E-state index in [1.54, 1.807) is 6.92 Å². The van der Waals surface area contributed by atoms with Gasteiger partial charge in [-0.05, 0) is 0 Å². The van der Waals surface area contributed by atoms with Crippen molar-refractivity contribution in [2.75, 3.05) is 6.61 Å². The summed E-state index contributed by atoms with van der Waals surface area (Å²) < 4.78 is 6.17. The molecule has 0 unspecified atom stereocenters. The van der Waals surface area contributed by atoms with E-state index in [1.165, 1.54) is 6.08 Å². The van der Waals surface area contributed by atoms with Gasteiger partial charge in [-0.25, -0.2) is 0 Å². The summed E-state index contributed by atoms with van der Waals surface area (Å²) in [4.78, 5) is 23.7. The van der Waals surface area contributed by atoms with Crippen molar-refractivity contribution in [2.24, 2.45) is 5.73 Å². The molecule has 1 aromatic carbocycles. The second kappa shape index (κ2) is 9.34. The third kappa shape index (κ3) is 6.58. The van der Waals surface area contributed by atoms with Crippen molar-refractivity contribution in [2.45, 2.75) is 24.3 Å². The first kappa shape index (κ1) is 17.4. The Kier molecular flexibility index (Phi) is 7.75. The number of ether oxygens (including phenoxy) is 1. The SMILES string of the molecule is C=CCOC(=O)[C@@H](C[Se]c1ccccc1)NC(=O)[C@H](C)N. The van der Waals surface area contributed by atoms with Crippen molar-refractivity contribution in [1.29, 1.82) is 0 Å². The monoisotopic (exact) mass is 356 g/mol. The van der Waals surface area contributed by atoms with Gasteiger partial charge in [-0.1, -0.05) is 0 Å². The molecule has 0 aliphatic heterocycles. The first-order valence-electron chi connectivity index (χ1n) is 6.56. The summed E-state index contributed by atoms with van der Waals surface area (Å²) in [6.45, 7) is 5.19. The van der Waals surface area contributed by atoms with Crippen molar-refractivity contribution < 1.29 is 14.3 Å². The van der Waals surface area contributed by atoms with Crippen molar-refractivity contribution >= 4 is 31.3 Å². The van der Waals surface area contributed by atoms with E-state index in [9.17, 15) is 9.59 Å². The molecule has 0 heterocycles. The molecule has 6 heteroatoms. The zero-order chi connectivity index (χ0) is 15.7. The average molecular weight is 355 g/mol. The molecule has 1 rings (SSSR count). The van der Waals surface area contributed by atoms with Gasteiger partial charge in [0.15, 0.2) is 0 Å². The fourth-order valence-electron chi connectivity index (χ4n) is 1.41. The molecule has 0 saturated carbocycles. The summed E-state index contributed by atoms with van der Waals surface area (Å²) in [7, 11) is 0. The second-order valence-electron chi connectivity index (χ2n) is 4.39. The van der Waals surface area contributed by atoms with E-state index in [0.717, 1.165) is 4.46 Å². The van der Waals surface area contributed by atoms with Crippen molar-refractivity contribution in [3.05, 3.63) is 43.0 Å². The molecule has 5 nitrogen and oxygen atoms in total. The Balaban J connectivity index is 2.64. The Hall–Kier alpha value is -1.62. The van der Waals surface area contributed by atoms with Crippen LogP contribution in [0.5, 0.6) is 0 Å². The minimum atomic E-state index is -0.677. The quantitative estimate of drug-likeness (QED) is 0.391. The predicted molar refractivity (Wildman–Crippen MR) is 83.4 cm³/mol. The molecule has 0 fully saturated rings. The number of hydrogen-bond donors (Lipinski definition) is 2. The Morgan fingerprint density at radius 2 is 2.10 bits per heavy atom. The first-order valence-corrected chi connectivity index (χ1v) is 8.62. The fourth-order valence-corrected chi connectivity index (χ4v) is 3.36. The molecule has 114 valence electrons. The molecule has 0 aliphatic rings. The molecule has 0 aliphatic carbocycles. The Bertz CT molecular complexity index is 477. The summed E-state index contributed by atoms with van der Waals surface area (Å²) in [5.74, 6) is -0.818. The van der Waals surface area contributed by atoms with Gasteiger partial charge >= 0.3 is 131 Å². The van der Waals surface area contributed by atoms with Crippen LogP contribution >= 0.6 is 0 Å². The third-order valence-electron chi connectivity index (χ3n) is 2.52. The van der Waals surface area contributed by atoms with Crippen LogP contribution in [0.2, 0.25) is 5.32 Å². The van der Waals surface area contributed by atoms with Gasteiger partial charge in [0.25, 0.3) is 0 Å². The maximum absolute atomic E-state index is 12.0. The van der Waals surface area contributed by atoms with Gasteiger partial charge in [-0.15, -0.1) is 0 Å². The van der Waals surface area contributed by atoms with Crippen LogP contribution in [0.3, 0.4) is 0 Å². The van der Waals surface area contributed by atoms with E-state index in [1.807, 2.05) is 30.3 Å². The minimum absolute atomic E-state index is 0.0598. The van der Waals surface area contributed by atoms with Gasteiger partial charge in [0.2, 0.25) is 0 Å². The molecule has 0 radical (unpaired) electrons. The first-order chi connectivity index (χ1) is 10.0. The molecule has 0 bridgehead atoms. The van der Waals surface area contributed by atoms with Crippen LogP contribution in [0.4, 0.5) is 0 Å². The van der Waals surface area contributed by atoms with Crippen molar-refractivity contribution in [3.63, 3.8) is 0 Å². The Morgan fingerprint density at radius 1 is 1.43 bits per heavy atom. The molecule has 2 atom stereocenters. The summed E-state index contributed by atoms with van der Waals surface area (Å²) >= 11 is 0.0598. The summed E-state index contributed by atoms with van der Waals surface area (Å²) in [6, 6.07) is 8.49. The number of carbonyl (C=O) groups is 2. The third-order valence-corrected chi connectivity index (χ3v) is 4.84. The summed E-state index contributed by atoms with van der Waals surface area (Å²) in [5.41, 5.74) is 5.52. The van der Waals surface area contributed by atoms with Crippen LogP contribution in [-0.2, 0) is 14.3 Å². The van der Waals surface area contributed by atoms with Crippen LogP contribution in [0.25, 0.3) is 0 Å². The Morgan fingerprint density at radius 3 is 2.67 bits per heavy atom. The van der Waals surface area contributed by atoms with Gasteiger partial charge in [0.1, 0.15) is 0 Å². The number of hydrogen-bond acceptors (Lipinski definition) is 4. The van der Waals surface area contributed by atoms with E-state index in [0.29, 0.717) is 5.32 Å². The van der Waals surface area contributed by atoms with Crippen LogP contribution < -0.4 is 15.5 Å². The number of carbonyl (C=O) groups excluding carboxylic acids is 2. The van der Waals surface area contributed by atoms with Gasteiger partial charge in [0.05, 0.1) is 0 Å². The molecule has 0 aromatic heterocycles. The number of esters is 1. The summed E-state index contributed by atoms with van der Waals surface area (Å²) in [5, 5.41) is 3.16. The zero-order valence-corrected chi connectivity index (χ0v) is 13.7. The van der Waals surface area contributed by atoms with Gasteiger partial charge in [-0.3, -0.25) is 0 Å². The number of amides is 1. The number of nitrogens with two attached hydrogens (primary N) is 1. The van der Waals surface area contributed by atoms with E-state index in [2.05, 4.69) is 11.9 Å². The molecular formula is C15H20N2O3Se. The van der Waals surface area contributed by atoms with E-state index in [4.69, 9.17) is 10.5 Å².